The van der Waals surface area contributed by atoms with E-state index in [-0.39, 0.29) is 16.7 Å². The van der Waals surface area contributed by atoms with Crippen molar-refractivity contribution in [3.05, 3.63) is 57.4 Å². The summed E-state index contributed by atoms with van der Waals surface area (Å²) in [5.74, 6) is 0. The van der Waals surface area contributed by atoms with E-state index in [1.54, 1.807) is 13.0 Å². The first-order valence-electron chi connectivity index (χ1n) is 7.01. The number of nitrogens with zero attached hydrogens (tertiary/aromatic N) is 3. The molecule has 1 unspecified atom stereocenters. The quantitative estimate of drug-likeness (QED) is 0.655. The van der Waals surface area contributed by atoms with Gasteiger partial charge in [0.1, 0.15) is 0 Å². The van der Waals surface area contributed by atoms with Gasteiger partial charge < -0.3 is 5.32 Å². The van der Waals surface area contributed by atoms with Crippen LogP contribution in [0.5, 0.6) is 0 Å². The molecule has 1 atom stereocenters. The topological polar surface area (TPSA) is 73.0 Å². The Morgan fingerprint density at radius 1 is 1.48 bits per heavy atom. The van der Waals surface area contributed by atoms with Gasteiger partial charge in [-0.2, -0.15) is 5.10 Å². The lowest BCUT2D eigenvalue weighted by atomic mass is 10.1. The highest BCUT2D eigenvalue weighted by Crippen LogP contribution is 2.22. The second-order valence-corrected chi connectivity index (χ2v) is 5.07. The third-order valence-electron chi connectivity index (χ3n) is 3.61. The van der Waals surface area contributed by atoms with Gasteiger partial charge in [-0.25, -0.2) is 0 Å². The van der Waals surface area contributed by atoms with Gasteiger partial charge in [0.2, 0.25) is 0 Å². The average molecular weight is 288 g/mol. The molecule has 1 heterocycles. The number of hydrogen-bond donors (Lipinski definition) is 1. The molecule has 0 fully saturated rings. The molecule has 0 saturated heterocycles. The fourth-order valence-corrected chi connectivity index (χ4v) is 2.33. The van der Waals surface area contributed by atoms with E-state index in [4.69, 9.17) is 0 Å². The van der Waals surface area contributed by atoms with Crippen molar-refractivity contribution in [1.29, 1.82) is 0 Å². The normalized spacial score (nSPS) is 12.3. The van der Waals surface area contributed by atoms with Crippen LogP contribution in [0.15, 0.2) is 30.6 Å². The molecule has 2 rings (SSSR count). The van der Waals surface area contributed by atoms with Crippen molar-refractivity contribution in [3.8, 4) is 0 Å². The minimum atomic E-state index is -0.347. The van der Waals surface area contributed by atoms with Crippen molar-refractivity contribution in [2.24, 2.45) is 0 Å². The van der Waals surface area contributed by atoms with E-state index in [9.17, 15) is 10.1 Å². The maximum absolute atomic E-state index is 11.0. The zero-order chi connectivity index (χ0) is 15.4. The summed E-state index contributed by atoms with van der Waals surface area (Å²) < 4.78 is 1.81. The molecule has 112 valence electrons. The van der Waals surface area contributed by atoms with Crippen LogP contribution in [0, 0.1) is 17.0 Å². The minimum absolute atomic E-state index is 0.154. The molecule has 21 heavy (non-hydrogen) atoms. The third-order valence-corrected chi connectivity index (χ3v) is 3.61. The van der Waals surface area contributed by atoms with Gasteiger partial charge in [-0.3, -0.25) is 14.8 Å². The molecule has 0 aliphatic rings. The Kier molecular flexibility index (Phi) is 4.70. The summed E-state index contributed by atoms with van der Waals surface area (Å²) in [6.07, 6.45) is 3.81. The Balaban J connectivity index is 2.19. The number of nitrogens with one attached hydrogen (secondary N) is 1. The van der Waals surface area contributed by atoms with Gasteiger partial charge in [-0.05, 0) is 26.0 Å². The first kappa shape index (κ1) is 15.2. The molecule has 1 N–H and O–H groups in total. The molecule has 6 nitrogen and oxygen atoms in total. The molecular weight excluding hydrogens is 268 g/mol. The molecule has 6 heteroatoms. The van der Waals surface area contributed by atoms with Crippen LogP contribution in [0.25, 0.3) is 0 Å². The lowest BCUT2D eigenvalue weighted by Gasteiger charge is -2.09. The number of aromatic nitrogens is 2. The monoisotopic (exact) mass is 288 g/mol. The standard InChI is InChI=1S/C15H20N4O2/c1-4-16-12(3)14-8-17-18(10-14)9-13-6-5-7-15(11(13)2)19(20)21/h5-8,10,12,16H,4,9H2,1-3H3. The summed E-state index contributed by atoms with van der Waals surface area (Å²) in [4.78, 5) is 10.6. The van der Waals surface area contributed by atoms with Gasteiger partial charge in [-0.15, -0.1) is 0 Å². The summed E-state index contributed by atoms with van der Waals surface area (Å²) in [6.45, 7) is 7.36. The third kappa shape index (κ3) is 3.46. The molecule has 0 bridgehead atoms. The molecule has 0 radical (unpaired) electrons. The molecule has 1 aromatic heterocycles. The van der Waals surface area contributed by atoms with Gasteiger partial charge in [0.15, 0.2) is 0 Å². The van der Waals surface area contributed by atoms with Gasteiger partial charge in [0.05, 0.1) is 17.7 Å². The van der Waals surface area contributed by atoms with Crippen molar-refractivity contribution >= 4 is 5.69 Å². The molecular formula is C15H20N4O2. The maximum Gasteiger partial charge on any atom is 0.272 e. The number of nitro benzene ring substituents is 1. The first-order valence-corrected chi connectivity index (χ1v) is 7.01. The lowest BCUT2D eigenvalue weighted by molar-refractivity contribution is -0.385. The van der Waals surface area contributed by atoms with Crippen LogP contribution in [0.4, 0.5) is 5.69 Å². The summed E-state index contributed by atoms with van der Waals surface area (Å²) >= 11 is 0. The predicted octanol–water partition coefficient (Wildman–Crippen LogP) is 2.82. The second kappa shape index (κ2) is 6.49. The van der Waals surface area contributed by atoms with E-state index in [1.165, 1.54) is 6.07 Å². The molecule has 0 spiro atoms. The van der Waals surface area contributed by atoms with E-state index in [2.05, 4.69) is 24.3 Å². The number of rotatable bonds is 6. The Morgan fingerprint density at radius 3 is 2.90 bits per heavy atom. The smallest absolute Gasteiger partial charge is 0.272 e. The van der Waals surface area contributed by atoms with Crippen molar-refractivity contribution in [1.82, 2.24) is 15.1 Å². The van der Waals surface area contributed by atoms with Gasteiger partial charge in [0, 0.05) is 29.4 Å². The Morgan fingerprint density at radius 2 is 2.24 bits per heavy atom. The number of hydrogen-bond acceptors (Lipinski definition) is 4. The van der Waals surface area contributed by atoms with Crippen LogP contribution >= 0.6 is 0 Å². The predicted molar refractivity (Wildman–Crippen MR) is 81.3 cm³/mol. The summed E-state index contributed by atoms with van der Waals surface area (Å²) in [6, 6.07) is 5.39. The Hall–Kier alpha value is -2.21. The largest absolute Gasteiger partial charge is 0.310 e. The zero-order valence-electron chi connectivity index (χ0n) is 12.5. The first-order chi connectivity index (χ1) is 10.0. The van der Waals surface area contributed by atoms with Crippen LogP contribution in [0.3, 0.4) is 0 Å². The van der Waals surface area contributed by atoms with Crippen molar-refractivity contribution < 1.29 is 4.92 Å². The van der Waals surface area contributed by atoms with E-state index in [0.29, 0.717) is 12.1 Å². The van der Waals surface area contributed by atoms with Crippen molar-refractivity contribution in [2.75, 3.05) is 6.54 Å². The fourth-order valence-electron chi connectivity index (χ4n) is 2.33. The van der Waals surface area contributed by atoms with Crippen molar-refractivity contribution in [3.63, 3.8) is 0 Å². The SMILES string of the molecule is CCNC(C)c1cnn(Cc2cccc([N+](=O)[O-])c2C)c1. The number of benzene rings is 1. The molecule has 2 aromatic rings. The molecule has 0 amide bonds. The summed E-state index contributed by atoms with van der Waals surface area (Å²) in [5.41, 5.74) is 2.87. The van der Waals surface area contributed by atoms with Gasteiger partial charge in [0.25, 0.3) is 5.69 Å². The molecule has 0 aliphatic carbocycles. The van der Waals surface area contributed by atoms with Crippen LogP contribution in [-0.2, 0) is 6.54 Å². The second-order valence-electron chi connectivity index (χ2n) is 5.07. The summed E-state index contributed by atoms with van der Waals surface area (Å²) in [7, 11) is 0. The van der Waals surface area contributed by atoms with Gasteiger partial charge in [-0.1, -0.05) is 19.1 Å². The number of nitro groups is 1. The fraction of sp³-hybridized carbons (Fsp3) is 0.400. The lowest BCUT2D eigenvalue weighted by Crippen LogP contribution is -2.17. The average Bonchev–Trinajstić information content (AvgIpc) is 2.90. The van der Waals surface area contributed by atoms with Crippen LogP contribution < -0.4 is 5.32 Å². The summed E-state index contributed by atoms with van der Waals surface area (Å²) in [5, 5.41) is 18.6. The van der Waals surface area contributed by atoms with Crippen LogP contribution in [-0.4, -0.2) is 21.2 Å². The highest BCUT2D eigenvalue weighted by Gasteiger charge is 2.14. The van der Waals surface area contributed by atoms with E-state index in [1.807, 2.05) is 23.1 Å². The van der Waals surface area contributed by atoms with Crippen molar-refractivity contribution in [2.45, 2.75) is 33.4 Å². The molecule has 0 aliphatic heterocycles. The Bertz CT molecular complexity index is 636. The van der Waals surface area contributed by atoms with E-state index < -0.39 is 0 Å². The Labute approximate surface area is 123 Å². The van der Waals surface area contributed by atoms with Crippen LogP contribution in [0.1, 0.15) is 36.6 Å². The zero-order valence-corrected chi connectivity index (χ0v) is 12.5. The maximum atomic E-state index is 11.0. The van der Waals surface area contributed by atoms with E-state index >= 15 is 0 Å². The van der Waals surface area contributed by atoms with Gasteiger partial charge >= 0.3 is 0 Å². The minimum Gasteiger partial charge on any atom is -0.310 e. The van der Waals surface area contributed by atoms with Crippen LogP contribution in [0.2, 0.25) is 0 Å². The molecule has 1 aromatic carbocycles. The van der Waals surface area contributed by atoms with E-state index in [0.717, 1.165) is 17.7 Å². The highest BCUT2D eigenvalue weighted by molar-refractivity contribution is 5.44. The molecule has 0 saturated carbocycles. The highest BCUT2D eigenvalue weighted by atomic mass is 16.6.